The lowest BCUT2D eigenvalue weighted by atomic mass is 9.92. The number of nitrogens with zero attached hydrogens (tertiary/aromatic N) is 5. The van der Waals surface area contributed by atoms with Crippen molar-refractivity contribution in [3.63, 3.8) is 0 Å². The quantitative estimate of drug-likeness (QED) is 0.761. The number of likely N-dealkylation sites (tertiary alicyclic amines) is 1. The number of carbonyl (C=O) groups is 1. The molecule has 1 fully saturated rings. The molecule has 0 radical (unpaired) electrons. The van der Waals surface area contributed by atoms with Crippen LogP contribution in [0.25, 0.3) is 11.3 Å². The van der Waals surface area contributed by atoms with Crippen molar-refractivity contribution in [2.75, 3.05) is 13.1 Å². The number of hydrogen-bond donors (Lipinski definition) is 1. The fraction of sp³-hybridized carbons (Fsp3) is 0.421. The summed E-state index contributed by atoms with van der Waals surface area (Å²) >= 11 is 0. The maximum atomic E-state index is 12.6. The minimum absolute atomic E-state index is 0.0105. The predicted octanol–water partition coefficient (Wildman–Crippen LogP) is 2.57. The number of nitrogens with one attached hydrogen (secondary N) is 1. The van der Waals surface area contributed by atoms with Crippen molar-refractivity contribution < 1.29 is 9.32 Å². The van der Waals surface area contributed by atoms with Crippen LogP contribution in [0.1, 0.15) is 40.5 Å². The lowest BCUT2D eigenvalue weighted by Crippen LogP contribution is -2.40. The van der Waals surface area contributed by atoms with E-state index in [0.29, 0.717) is 11.6 Å². The first-order valence-electron chi connectivity index (χ1n) is 9.14. The van der Waals surface area contributed by atoms with E-state index >= 15 is 0 Å². The fourth-order valence-corrected chi connectivity index (χ4v) is 3.75. The Morgan fingerprint density at radius 3 is 3.00 bits per heavy atom. The second-order valence-corrected chi connectivity index (χ2v) is 7.03. The molecule has 1 N–H and O–H groups in total. The summed E-state index contributed by atoms with van der Waals surface area (Å²) in [6.45, 7) is 5.30. The maximum absolute atomic E-state index is 12.6. The Balaban J connectivity index is 1.48. The summed E-state index contributed by atoms with van der Waals surface area (Å²) in [5.74, 6) is 1.14. The lowest BCUT2D eigenvalue weighted by Gasteiger charge is -2.32. The molecular formula is C19H22N6O2. The zero-order valence-corrected chi connectivity index (χ0v) is 15.5. The number of hydrogen-bond acceptors (Lipinski definition) is 6. The Morgan fingerprint density at radius 2 is 2.26 bits per heavy atom. The van der Waals surface area contributed by atoms with E-state index < -0.39 is 0 Å². The van der Waals surface area contributed by atoms with Gasteiger partial charge in [0.25, 0.3) is 5.91 Å². The molecule has 0 saturated carbocycles. The summed E-state index contributed by atoms with van der Waals surface area (Å²) in [5.41, 5.74) is 4.10. The first-order chi connectivity index (χ1) is 13.1. The molecular weight excluding hydrogens is 344 g/mol. The van der Waals surface area contributed by atoms with Crippen LogP contribution in [-0.4, -0.2) is 49.2 Å². The summed E-state index contributed by atoms with van der Waals surface area (Å²) in [4.78, 5) is 23.3. The third-order valence-electron chi connectivity index (χ3n) is 5.05. The van der Waals surface area contributed by atoms with Gasteiger partial charge in [-0.25, -0.2) is 9.97 Å². The highest BCUT2D eigenvalue weighted by atomic mass is 16.5. The molecule has 140 valence electrons. The van der Waals surface area contributed by atoms with Gasteiger partial charge in [0, 0.05) is 25.0 Å². The van der Waals surface area contributed by atoms with Gasteiger partial charge in [0.15, 0.2) is 0 Å². The Kier molecular flexibility index (Phi) is 4.70. The highest BCUT2D eigenvalue weighted by Crippen LogP contribution is 2.27. The summed E-state index contributed by atoms with van der Waals surface area (Å²) in [6, 6.07) is 3.72. The van der Waals surface area contributed by atoms with Crippen LogP contribution in [0.3, 0.4) is 0 Å². The average molecular weight is 366 g/mol. The molecule has 0 aliphatic carbocycles. The van der Waals surface area contributed by atoms with Crippen LogP contribution in [0.15, 0.2) is 29.2 Å². The SMILES string of the molecule is Cc1noc(C)c1-c1cc(C[C@H]2CCCN(C(=O)c3ccn[nH]3)C2)ncn1. The van der Waals surface area contributed by atoms with Crippen LogP contribution in [-0.2, 0) is 6.42 Å². The number of amides is 1. The lowest BCUT2D eigenvalue weighted by molar-refractivity contribution is 0.0666. The number of H-pyrrole nitrogens is 1. The molecule has 27 heavy (non-hydrogen) atoms. The highest BCUT2D eigenvalue weighted by molar-refractivity contribution is 5.92. The molecule has 1 atom stereocenters. The molecule has 1 aliphatic heterocycles. The van der Waals surface area contributed by atoms with Gasteiger partial charge in [0.2, 0.25) is 0 Å². The van der Waals surface area contributed by atoms with E-state index in [0.717, 1.165) is 60.8 Å². The Morgan fingerprint density at radius 1 is 1.37 bits per heavy atom. The fourth-order valence-electron chi connectivity index (χ4n) is 3.75. The number of rotatable bonds is 4. The van der Waals surface area contributed by atoms with Crippen LogP contribution in [0.4, 0.5) is 0 Å². The number of aryl methyl sites for hydroxylation is 2. The molecule has 0 bridgehead atoms. The molecule has 3 aromatic rings. The molecule has 1 amide bonds. The van der Waals surface area contributed by atoms with Crippen LogP contribution in [0.5, 0.6) is 0 Å². The number of piperidine rings is 1. The molecule has 8 heteroatoms. The van der Waals surface area contributed by atoms with Crippen molar-refractivity contribution in [2.45, 2.75) is 33.1 Å². The average Bonchev–Trinajstić information content (AvgIpc) is 3.32. The number of aromatic amines is 1. The van der Waals surface area contributed by atoms with Crippen LogP contribution >= 0.6 is 0 Å². The monoisotopic (exact) mass is 366 g/mol. The van der Waals surface area contributed by atoms with Crippen LogP contribution in [0, 0.1) is 19.8 Å². The van der Waals surface area contributed by atoms with Crippen molar-refractivity contribution in [3.05, 3.63) is 47.5 Å². The van der Waals surface area contributed by atoms with Crippen molar-refractivity contribution in [3.8, 4) is 11.3 Å². The second-order valence-electron chi connectivity index (χ2n) is 7.03. The summed E-state index contributed by atoms with van der Waals surface area (Å²) < 4.78 is 5.25. The van der Waals surface area contributed by atoms with E-state index in [1.54, 1.807) is 18.6 Å². The third kappa shape index (κ3) is 3.60. The number of aromatic nitrogens is 5. The summed E-state index contributed by atoms with van der Waals surface area (Å²) in [5, 5.41) is 10.6. The molecule has 8 nitrogen and oxygen atoms in total. The van der Waals surface area contributed by atoms with Gasteiger partial charge >= 0.3 is 0 Å². The zero-order chi connectivity index (χ0) is 18.8. The molecule has 3 aromatic heterocycles. The van der Waals surface area contributed by atoms with E-state index in [2.05, 4.69) is 25.3 Å². The second kappa shape index (κ2) is 7.30. The summed E-state index contributed by atoms with van der Waals surface area (Å²) in [7, 11) is 0. The smallest absolute Gasteiger partial charge is 0.271 e. The van der Waals surface area contributed by atoms with Gasteiger partial charge in [-0.2, -0.15) is 5.10 Å². The van der Waals surface area contributed by atoms with Crippen molar-refractivity contribution in [1.29, 1.82) is 0 Å². The van der Waals surface area contributed by atoms with E-state index in [4.69, 9.17) is 4.52 Å². The largest absolute Gasteiger partial charge is 0.361 e. The minimum Gasteiger partial charge on any atom is -0.361 e. The van der Waals surface area contributed by atoms with Gasteiger partial charge in [0.05, 0.1) is 17.0 Å². The van der Waals surface area contributed by atoms with Gasteiger partial charge in [-0.1, -0.05) is 5.16 Å². The van der Waals surface area contributed by atoms with Crippen molar-refractivity contribution in [1.82, 2.24) is 30.2 Å². The zero-order valence-electron chi connectivity index (χ0n) is 15.5. The molecule has 0 aromatic carbocycles. The Labute approximate surface area is 157 Å². The molecule has 4 heterocycles. The van der Waals surface area contributed by atoms with E-state index in [1.807, 2.05) is 24.8 Å². The van der Waals surface area contributed by atoms with E-state index in [1.165, 1.54) is 0 Å². The molecule has 0 spiro atoms. The molecule has 1 saturated heterocycles. The van der Waals surface area contributed by atoms with Crippen LogP contribution < -0.4 is 0 Å². The van der Waals surface area contributed by atoms with Crippen molar-refractivity contribution >= 4 is 5.91 Å². The van der Waals surface area contributed by atoms with Crippen molar-refractivity contribution in [2.24, 2.45) is 5.92 Å². The Bertz CT molecular complexity index is 914. The minimum atomic E-state index is 0.0105. The third-order valence-corrected chi connectivity index (χ3v) is 5.05. The topological polar surface area (TPSA) is 101 Å². The molecule has 4 rings (SSSR count). The first kappa shape index (κ1) is 17.4. The first-order valence-corrected chi connectivity index (χ1v) is 9.14. The molecule has 0 unspecified atom stereocenters. The van der Waals surface area contributed by atoms with Crippen LogP contribution in [0.2, 0.25) is 0 Å². The summed E-state index contributed by atoms with van der Waals surface area (Å²) in [6.07, 6.45) is 6.08. The predicted molar refractivity (Wildman–Crippen MR) is 97.9 cm³/mol. The van der Waals surface area contributed by atoms with Gasteiger partial charge in [-0.15, -0.1) is 0 Å². The van der Waals surface area contributed by atoms with Gasteiger partial charge < -0.3 is 9.42 Å². The van der Waals surface area contributed by atoms with E-state index in [-0.39, 0.29) is 5.91 Å². The maximum Gasteiger partial charge on any atom is 0.271 e. The highest BCUT2D eigenvalue weighted by Gasteiger charge is 2.26. The van der Waals surface area contributed by atoms with E-state index in [9.17, 15) is 4.79 Å². The van der Waals surface area contributed by atoms with Gasteiger partial charge in [-0.3, -0.25) is 9.89 Å². The molecule has 1 aliphatic rings. The van der Waals surface area contributed by atoms with Gasteiger partial charge in [0.1, 0.15) is 17.8 Å². The normalized spacial score (nSPS) is 17.3. The standard InChI is InChI=1S/C19H22N6O2/c1-12-18(13(2)27-24-12)17-9-15(20-11-21-17)8-14-4-3-7-25(10-14)19(26)16-5-6-22-23-16/h5-6,9,11,14H,3-4,7-8,10H2,1-2H3,(H,22,23)/t14-/m1/s1. The number of carbonyl (C=O) groups excluding carboxylic acids is 1. The van der Waals surface area contributed by atoms with Gasteiger partial charge in [-0.05, 0) is 51.2 Å². The Hall–Kier alpha value is -3.03.